The highest BCUT2D eigenvalue weighted by Gasteiger charge is 2.28. The zero-order valence-corrected chi connectivity index (χ0v) is 15.6. The van der Waals surface area contributed by atoms with Gasteiger partial charge in [-0.15, -0.1) is 5.10 Å². The molecule has 0 bridgehead atoms. The van der Waals surface area contributed by atoms with Crippen LogP contribution in [0.2, 0.25) is 0 Å². The second-order valence-corrected chi connectivity index (χ2v) is 7.94. The Balaban J connectivity index is 1.20. The van der Waals surface area contributed by atoms with Crippen LogP contribution in [-0.2, 0) is 17.9 Å². The molecule has 1 aromatic heterocycles. The van der Waals surface area contributed by atoms with Gasteiger partial charge in [0.2, 0.25) is 11.1 Å². The van der Waals surface area contributed by atoms with Crippen LogP contribution in [0.4, 0.5) is 0 Å². The summed E-state index contributed by atoms with van der Waals surface area (Å²) in [5, 5.41) is 15.4. The van der Waals surface area contributed by atoms with Gasteiger partial charge in [-0.1, -0.05) is 36.0 Å². The molecule has 1 N–H and O–H groups in total. The number of likely N-dealkylation sites (tertiary alicyclic amines) is 1. The number of carbonyl (C=O) groups excluding carboxylic acids is 1. The fraction of sp³-hybridized carbons (Fsp3) is 0.556. The van der Waals surface area contributed by atoms with Gasteiger partial charge < -0.3 is 5.32 Å². The molecule has 2 aromatic rings. The van der Waals surface area contributed by atoms with Crippen molar-refractivity contribution < 1.29 is 4.79 Å². The molecule has 4 rings (SSSR count). The average Bonchev–Trinajstić information content (AvgIpc) is 3.17. The minimum absolute atomic E-state index is 0.00138. The van der Waals surface area contributed by atoms with E-state index < -0.39 is 0 Å². The molecule has 1 amide bonds. The van der Waals surface area contributed by atoms with Crippen LogP contribution in [-0.4, -0.2) is 49.9 Å². The standard InChI is InChI=1S/C18H24N6OS/c25-17(13-26-18-20-21-22-24(18)16-7-8-16)19-11-14-3-5-15(6-4-14)12-23-9-1-2-10-23/h3-6,16H,1-2,7-13H2,(H,19,25). The van der Waals surface area contributed by atoms with E-state index in [1.54, 1.807) is 0 Å². The van der Waals surface area contributed by atoms with Crippen LogP contribution in [0.1, 0.15) is 42.9 Å². The quantitative estimate of drug-likeness (QED) is 0.715. The van der Waals surface area contributed by atoms with Gasteiger partial charge in [0.25, 0.3) is 0 Å². The van der Waals surface area contributed by atoms with E-state index in [0.717, 1.165) is 30.1 Å². The summed E-state index contributed by atoms with van der Waals surface area (Å²) >= 11 is 1.39. The van der Waals surface area contributed by atoms with Crippen molar-refractivity contribution in [3.8, 4) is 0 Å². The molecule has 26 heavy (non-hydrogen) atoms. The SMILES string of the molecule is O=C(CSc1nnnn1C1CC1)NCc1ccc(CN2CCCC2)cc1. The topological polar surface area (TPSA) is 75.9 Å². The zero-order valence-electron chi connectivity index (χ0n) is 14.8. The second-order valence-electron chi connectivity index (χ2n) is 7.00. The molecule has 1 aromatic carbocycles. The molecule has 1 saturated carbocycles. The summed E-state index contributed by atoms with van der Waals surface area (Å²) in [6.45, 7) is 3.99. The third-order valence-electron chi connectivity index (χ3n) is 4.81. The molecule has 1 saturated heterocycles. The Labute approximate surface area is 157 Å². The Hall–Kier alpha value is -1.93. The van der Waals surface area contributed by atoms with E-state index in [1.807, 2.05) is 4.68 Å². The van der Waals surface area contributed by atoms with Gasteiger partial charge in [-0.2, -0.15) is 0 Å². The van der Waals surface area contributed by atoms with Crippen molar-refractivity contribution in [1.82, 2.24) is 30.4 Å². The number of hydrogen-bond acceptors (Lipinski definition) is 6. The summed E-state index contributed by atoms with van der Waals surface area (Å²) in [4.78, 5) is 14.6. The molecule has 2 heterocycles. The summed E-state index contributed by atoms with van der Waals surface area (Å²) in [5.74, 6) is 0.335. The van der Waals surface area contributed by atoms with E-state index in [1.165, 1.54) is 43.3 Å². The summed E-state index contributed by atoms with van der Waals surface area (Å²) < 4.78 is 1.83. The Bertz CT molecular complexity index is 736. The monoisotopic (exact) mass is 372 g/mol. The molecule has 138 valence electrons. The fourth-order valence-electron chi connectivity index (χ4n) is 3.17. The maximum atomic E-state index is 12.1. The van der Waals surface area contributed by atoms with Gasteiger partial charge in [0.05, 0.1) is 11.8 Å². The van der Waals surface area contributed by atoms with Crippen molar-refractivity contribution in [2.24, 2.45) is 0 Å². The Morgan fingerprint density at radius 3 is 2.62 bits per heavy atom. The van der Waals surface area contributed by atoms with E-state index in [2.05, 4.69) is 50.0 Å². The Kier molecular flexibility index (Phi) is 5.50. The highest BCUT2D eigenvalue weighted by molar-refractivity contribution is 7.99. The molecular formula is C18H24N6OS. The van der Waals surface area contributed by atoms with Crippen LogP contribution in [0, 0.1) is 0 Å². The van der Waals surface area contributed by atoms with Gasteiger partial charge in [0, 0.05) is 13.1 Å². The molecule has 0 radical (unpaired) electrons. The molecular weight excluding hydrogens is 348 g/mol. The zero-order chi connectivity index (χ0) is 17.8. The number of amides is 1. The predicted octanol–water partition coefficient (Wildman–Crippen LogP) is 2.01. The number of nitrogens with zero attached hydrogens (tertiary/aromatic N) is 5. The minimum atomic E-state index is 0.00138. The minimum Gasteiger partial charge on any atom is -0.351 e. The maximum absolute atomic E-state index is 12.1. The number of thioether (sulfide) groups is 1. The van der Waals surface area contributed by atoms with Gasteiger partial charge in [0.15, 0.2) is 0 Å². The summed E-state index contributed by atoms with van der Waals surface area (Å²) in [6.07, 6.45) is 4.88. The van der Waals surface area contributed by atoms with Crippen LogP contribution < -0.4 is 5.32 Å². The van der Waals surface area contributed by atoms with Crippen molar-refractivity contribution in [3.05, 3.63) is 35.4 Å². The smallest absolute Gasteiger partial charge is 0.230 e. The molecule has 0 unspecified atom stereocenters. The molecule has 1 aliphatic carbocycles. The second kappa shape index (κ2) is 8.18. The highest BCUT2D eigenvalue weighted by Crippen LogP contribution is 2.36. The van der Waals surface area contributed by atoms with E-state index in [0.29, 0.717) is 18.3 Å². The molecule has 2 fully saturated rings. The Morgan fingerprint density at radius 2 is 1.88 bits per heavy atom. The van der Waals surface area contributed by atoms with Crippen LogP contribution >= 0.6 is 11.8 Å². The first-order valence-corrected chi connectivity index (χ1v) is 10.2. The number of tetrazole rings is 1. The van der Waals surface area contributed by atoms with E-state index >= 15 is 0 Å². The lowest BCUT2D eigenvalue weighted by Crippen LogP contribution is -2.24. The number of nitrogens with one attached hydrogen (secondary N) is 1. The number of aromatic nitrogens is 4. The van der Waals surface area contributed by atoms with Crippen molar-refractivity contribution in [2.75, 3.05) is 18.8 Å². The number of carbonyl (C=O) groups is 1. The average molecular weight is 372 g/mol. The third-order valence-corrected chi connectivity index (χ3v) is 5.74. The molecule has 1 aliphatic heterocycles. The number of hydrogen-bond donors (Lipinski definition) is 1. The molecule has 8 heteroatoms. The number of benzene rings is 1. The lowest BCUT2D eigenvalue weighted by atomic mass is 10.1. The third kappa shape index (κ3) is 4.62. The van der Waals surface area contributed by atoms with Gasteiger partial charge in [0.1, 0.15) is 0 Å². The molecule has 0 atom stereocenters. The van der Waals surface area contributed by atoms with Gasteiger partial charge >= 0.3 is 0 Å². The lowest BCUT2D eigenvalue weighted by molar-refractivity contribution is -0.118. The molecule has 7 nitrogen and oxygen atoms in total. The van der Waals surface area contributed by atoms with Crippen molar-refractivity contribution in [1.29, 1.82) is 0 Å². The summed E-state index contributed by atoms with van der Waals surface area (Å²) in [6, 6.07) is 8.96. The van der Waals surface area contributed by atoms with Gasteiger partial charge in [-0.25, -0.2) is 4.68 Å². The normalized spacial score (nSPS) is 17.5. The Morgan fingerprint density at radius 1 is 1.15 bits per heavy atom. The van der Waals surface area contributed by atoms with Gasteiger partial charge in [-0.3, -0.25) is 9.69 Å². The first-order valence-electron chi connectivity index (χ1n) is 9.25. The lowest BCUT2D eigenvalue weighted by Gasteiger charge is -2.14. The summed E-state index contributed by atoms with van der Waals surface area (Å²) in [5.41, 5.74) is 2.46. The molecule has 0 spiro atoms. The summed E-state index contributed by atoms with van der Waals surface area (Å²) in [7, 11) is 0. The fourth-order valence-corrected chi connectivity index (χ4v) is 3.95. The van der Waals surface area contributed by atoms with Crippen LogP contribution in [0.3, 0.4) is 0 Å². The van der Waals surface area contributed by atoms with Gasteiger partial charge in [-0.05, 0) is 60.3 Å². The first kappa shape index (κ1) is 17.5. The largest absolute Gasteiger partial charge is 0.351 e. The number of rotatable bonds is 8. The van der Waals surface area contributed by atoms with E-state index in [-0.39, 0.29) is 5.91 Å². The van der Waals surface area contributed by atoms with Crippen molar-refractivity contribution in [2.45, 2.75) is 50.0 Å². The first-order chi connectivity index (χ1) is 12.8. The van der Waals surface area contributed by atoms with Crippen LogP contribution in [0.15, 0.2) is 29.4 Å². The van der Waals surface area contributed by atoms with Crippen molar-refractivity contribution in [3.63, 3.8) is 0 Å². The van der Waals surface area contributed by atoms with E-state index in [9.17, 15) is 4.79 Å². The maximum Gasteiger partial charge on any atom is 0.230 e. The van der Waals surface area contributed by atoms with Crippen LogP contribution in [0.25, 0.3) is 0 Å². The van der Waals surface area contributed by atoms with E-state index in [4.69, 9.17) is 0 Å². The predicted molar refractivity (Wildman–Crippen MR) is 99.6 cm³/mol. The van der Waals surface area contributed by atoms with Crippen LogP contribution in [0.5, 0.6) is 0 Å². The van der Waals surface area contributed by atoms with Crippen molar-refractivity contribution >= 4 is 17.7 Å². The highest BCUT2D eigenvalue weighted by atomic mass is 32.2. The molecule has 2 aliphatic rings.